The van der Waals surface area contributed by atoms with Gasteiger partial charge in [-0.1, -0.05) is 49.2 Å². The van der Waals surface area contributed by atoms with Crippen LogP contribution in [-0.2, 0) is 5.41 Å². The molecule has 2 aromatic carbocycles. The van der Waals surface area contributed by atoms with Gasteiger partial charge in [-0.2, -0.15) is 0 Å². The molecule has 0 aliphatic carbocycles. The van der Waals surface area contributed by atoms with E-state index in [1.54, 1.807) is 12.1 Å². The Bertz CT molecular complexity index is 713. The molecule has 0 atom stereocenters. The van der Waals surface area contributed by atoms with Crippen molar-refractivity contribution in [3.05, 3.63) is 58.7 Å². The maximum absolute atomic E-state index is 10.6. The van der Waals surface area contributed by atoms with E-state index < -0.39 is 5.41 Å². The maximum atomic E-state index is 10.6. The number of phenolic OH excluding ortho intramolecular Hbond substituents is 2. The summed E-state index contributed by atoms with van der Waals surface area (Å²) in [6, 6.07) is 11.4. The van der Waals surface area contributed by atoms with Crippen LogP contribution in [0.25, 0.3) is 0 Å². The van der Waals surface area contributed by atoms with Crippen molar-refractivity contribution in [1.82, 2.24) is 5.32 Å². The molecule has 2 aromatic rings. The van der Waals surface area contributed by atoms with Crippen LogP contribution in [0.3, 0.4) is 0 Å². The second-order valence-electron chi connectivity index (χ2n) is 8.29. The first-order chi connectivity index (χ1) is 12.1. The van der Waals surface area contributed by atoms with E-state index >= 15 is 0 Å². The monoisotopic (exact) mass is 355 g/mol. The third-order valence-electron chi connectivity index (χ3n) is 5.61. The summed E-state index contributed by atoms with van der Waals surface area (Å²) in [5.74, 6) is 0.544. The zero-order chi connectivity index (χ0) is 19.5. The lowest BCUT2D eigenvalue weighted by Crippen LogP contribution is -2.41. The van der Waals surface area contributed by atoms with Crippen molar-refractivity contribution >= 4 is 0 Å². The zero-order valence-electron chi connectivity index (χ0n) is 17.0. The van der Waals surface area contributed by atoms with Crippen molar-refractivity contribution < 1.29 is 10.2 Å². The van der Waals surface area contributed by atoms with Crippen LogP contribution in [0.2, 0.25) is 0 Å². The topological polar surface area (TPSA) is 52.5 Å². The molecule has 3 heteroatoms. The van der Waals surface area contributed by atoms with E-state index in [2.05, 4.69) is 33.0 Å². The molecule has 0 aromatic heterocycles. The lowest BCUT2D eigenvalue weighted by atomic mass is 9.72. The van der Waals surface area contributed by atoms with E-state index in [0.717, 1.165) is 41.6 Å². The third kappa shape index (κ3) is 4.39. The number of benzene rings is 2. The number of hydrogen-bond acceptors (Lipinski definition) is 3. The highest BCUT2D eigenvalue weighted by Gasteiger charge is 2.34. The molecule has 0 spiro atoms. The first-order valence-corrected chi connectivity index (χ1v) is 9.44. The Morgan fingerprint density at radius 3 is 1.73 bits per heavy atom. The minimum absolute atomic E-state index is 0.0597. The summed E-state index contributed by atoms with van der Waals surface area (Å²) in [5, 5.41) is 24.8. The number of phenols is 2. The van der Waals surface area contributed by atoms with Gasteiger partial charge in [-0.15, -0.1) is 0 Å². The minimum atomic E-state index is -0.497. The molecule has 0 unspecified atom stereocenters. The Labute approximate surface area is 158 Å². The summed E-state index contributed by atoms with van der Waals surface area (Å²) < 4.78 is 0. The predicted octanol–water partition coefficient (Wildman–Crippen LogP) is 5.19. The van der Waals surface area contributed by atoms with Crippen molar-refractivity contribution in [2.45, 2.75) is 65.3 Å². The predicted molar refractivity (Wildman–Crippen MR) is 109 cm³/mol. The van der Waals surface area contributed by atoms with E-state index in [9.17, 15) is 10.2 Å². The highest BCUT2D eigenvalue weighted by Crippen LogP contribution is 2.44. The van der Waals surface area contributed by atoms with Gasteiger partial charge in [-0.05, 0) is 59.2 Å². The van der Waals surface area contributed by atoms with Gasteiger partial charge in [0.1, 0.15) is 11.5 Å². The zero-order valence-corrected chi connectivity index (χ0v) is 17.0. The van der Waals surface area contributed by atoms with Gasteiger partial charge in [0, 0.05) is 22.1 Å². The number of aromatic hydroxyl groups is 2. The fourth-order valence-corrected chi connectivity index (χ4v) is 3.37. The fraction of sp³-hybridized carbons (Fsp3) is 0.478. The first kappa shape index (κ1) is 20.3. The van der Waals surface area contributed by atoms with Crippen molar-refractivity contribution in [2.24, 2.45) is 0 Å². The average molecular weight is 356 g/mol. The lowest BCUT2D eigenvalue weighted by molar-refractivity contribution is 0.346. The van der Waals surface area contributed by atoms with Crippen LogP contribution in [0.5, 0.6) is 11.5 Å². The normalized spacial score (nSPS) is 12.4. The van der Waals surface area contributed by atoms with Gasteiger partial charge in [0.2, 0.25) is 0 Å². The van der Waals surface area contributed by atoms with Crippen LogP contribution in [0, 0.1) is 13.8 Å². The molecule has 0 aliphatic heterocycles. The van der Waals surface area contributed by atoms with E-state index in [1.807, 2.05) is 38.1 Å². The molecule has 0 fully saturated rings. The lowest BCUT2D eigenvalue weighted by Gasteiger charge is -2.34. The molecule has 0 radical (unpaired) electrons. The summed E-state index contributed by atoms with van der Waals surface area (Å²) in [6.07, 6.45) is 1.81. The van der Waals surface area contributed by atoms with Crippen molar-refractivity contribution in [3.8, 4) is 11.5 Å². The molecule has 0 heterocycles. The third-order valence-corrected chi connectivity index (χ3v) is 5.61. The second-order valence-corrected chi connectivity index (χ2v) is 8.29. The molecule has 0 bridgehead atoms. The Morgan fingerprint density at radius 2 is 1.31 bits per heavy atom. The summed E-state index contributed by atoms with van der Waals surface area (Å²) in [4.78, 5) is 0. The van der Waals surface area contributed by atoms with Gasteiger partial charge >= 0.3 is 0 Å². The van der Waals surface area contributed by atoms with Crippen LogP contribution >= 0.6 is 0 Å². The molecule has 26 heavy (non-hydrogen) atoms. The molecule has 2 rings (SSSR count). The quantitative estimate of drug-likeness (QED) is 0.641. The second kappa shape index (κ2) is 7.71. The summed E-state index contributed by atoms with van der Waals surface area (Å²) in [6.45, 7) is 13.5. The summed E-state index contributed by atoms with van der Waals surface area (Å²) in [7, 11) is 0. The number of hydrogen-bond donors (Lipinski definition) is 3. The van der Waals surface area contributed by atoms with Gasteiger partial charge in [-0.3, -0.25) is 0 Å². The van der Waals surface area contributed by atoms with Crippen molar-refractivity contribution in [1.29, 1.82) is 0 Å². The number of rotatable bonds is 7. The summed E-state index contributed by atoms with van der Waals surface area (Å²) >= 11 is 0. The highest BCUT2D eigenvalue weighted by molar-refractivity contribution is 5.52. The standard InChI is InChI=1S/C23H33NO2/c1-7-22(4,5)24-13-12-23(6,18-14-16(2)8-10-20(18)25)19-15-17(3)9-11-21(19)26/h8-11,14-15,24-26H,7,12-13H2,1-6H3. The molecule has 0 saturated carbocycles. The largest absolute Gasteiger partial charge is 0.508 e. The van der Waals surface area contributed by atoms with Gasteiger partial charge in [0.25, 0.3) is 0 Å². The number of aryl methyl sites for hydroxylation is 2. The van der Waals surface area contributed by atoms with E-state index in [1.165, 1.54) is 0 Å². The molecule has 0 amide bonds. The minimum Gasteiger partial charge on any atom is -0.508 e. The molecule has 142 valence electrons. The van der Waals surface area contributed by atoms with Gasteiger partial charge < -0.3 is 15.5 Å². The first-order valence-electron chi connectivity index (χ1n) is 9.44. The van der Waals surface area contributed by atoms with Crippen LogP contribution < -0.4 is 5.32 Å². The Balaban J connectivity index is 2.51. The van der Waals surface area contributed by atoms with Crippen LogP contribution in [0.15, 0.2) is 36.4 Å². The molecular formula is C23H33NO2. The summed E-state index contributed by atoms with van der Waals surface area (Å²) in [5.41, 5.74) is 3.47. The Hall–Kier alpha value is -2.00. The van der Waals surface area contributed by atoms with Crippen LogP contribution in [0.4, 0.5) is 0 Å². The molecule has 0 saturated heterocycles. The van der Waals surface area contributed by atoms with E-state index in [0.29, 0.717) is 0 Å². The van der Waals surface area contributed by atoms with E-state index in [-0.39, 0.29) is 17.0 Å². The van der Waals surface area contributed by atoms with Crippen molar-refractivity contribution in [3.63, 3.8) is 0 Å². The highest BCUT2D eigenvalue weighted by atomic mass is 16.3. The number of nitrogens with one attached hydrogen (secondary N) is 1. The van der Waals surface area contributed by atoms with Crippen molar-refractivity contribution in [2.75, 3.05) is 6.54 Å². The Morgan fingerprint density at radius 1 is 0.846 bits per heavy atom. The van der Waals surface area contributed by atoms with Crippen LogP contribution in [-0.4, -0.2) is 22.3 Å². The molecule has 0 aliphatic rings. The fourth-order valence-electron chi connectivity index (χ4n) is 3.37. The van der Waals surface area contributed by atoms with Crippen LogP contribution in [0.1, 0.15) is 62.8 Å². The Kier molecular flexibility index (Phi) is 6.02. The van der Waals surface area contributed by atoms with Gasteiger partial charge in [0.05, 0.1) is 0 Å². The van der Waals surface area contributed by atoms with E-state index in [4.69, 9.17) is 0 Å². The average Bonchev–Trinajstić information content (AvgIpc) is 2.58. The molecule has 3 N–H and O–H groups in total. The molecular weight excluding hydrogens is 322 g/mol. The van der Waals surface area contributed by atoms with Gasteiger partial charge in [-0.25, -0.2) is 0 Å². The van der Waals surface area contributed by atoms with Gasteiger partial charge in [0.15, 0.2) is 0 Å². The maximum Gasteiger partial charge on any atom is 0.119 e. The SMILES string of the molecule is CCC(C)(C)NCCC(C)(c1cc(C)ccc1O)c1cc(C)ccc1O. The smallest absolute Gasteiger partial charge is 0.119 e. The molecule has 3 nitrogen and oxygen atoms in total.